The molecule has 1 heterocycles. The summed E-state index contributed by atoms with van der Waals surface area (Å²) < 4.78 is 14.3. The van der Waals surface area contributed by atoms with Gasteiger partial charge in [0.25, 0.3) is 0 Å². The van der Waals surface area contributed by atoms with Crippen LogP contribution in [0, 0.1) is 11.2 Å². The molecule has 1 saturated heterocycles. The molecule has 0 spiro atoms. The minimum atomic E-state index is -0.0928. The molecule has 0 aliphatic carbocycles. The first-order chi connectivity index (χ1) is 10.0. The summed E-state index contributed by atoms with van der Waals surface area (Å²) in [7, 11) is 0. The predicted octanol–water partition coefficient (Wildman–Crippen LogP) is 4.51. The van der Waals surface area contributed by atoms with E-state index >= 15 is 0 Å². The Balaban J connectivity index is 2.22. The van der Waals surface area contributed by atoms with Gasteiger partial charge in [-0.25, -0.2) is 4.39 Å². The maximum absolute atomic E-state index is 14.3. The molecule has 1 fully saturated rings. The first kappa shape index (κ1) is 16.3. The Labute approximate surface area is 128 Å². The van der Waals surface area contributed by atoms with Crippen LogP contribution >= 0.6 is 0 Å². The molecular weight excluding hydrogens is 263 g/mol. The Morgan fingerprint density at radius 3 is 2.52 bits per heavy atom. The van der Waals surface area contributed by atoms with Crippen molar-refractivity contribution in [3.8, 4) is 0 Å². The molecule has 3 heteroatoms. The Kier molecular flexibility index (Phi) is 5.26. The third-order valence-corrected chi connectivity index (χ3v) is 5.14. The number of hydrogen-bond acceptors (Lipinski definition) is 2. The molecule has 21 heavy (non-hydrogen) atoms. The van der Waals surface area contributed by atoms with Crippen LogP contribution in [0.4, 0.5) is 10.1 Å². The largest absolute Gasteiger partial charge is 0.371 e. The second-order valence-electron chi connectivity index (χ2n) is 6.60. The lowest BCUT2D eigenvalue weighted by Gasteiger charge is -2.41. The Hall–Kier alpha value is -1.09. The summed E-state index contributed by atoms with van der Waals surface area (Å²) in [6, 6.07) is 5.53. The van der Waals surface area contributed by atoms with Crippen LogP contribution in [-0.2, 0) is 0 Å². The SMILES string of the molecule is CCNC(C)c1c(F)cccc1N1CCC(C)(CC)CC1. The zero-order chi connectivity index (χ0) is 15.5. The van der Waals surface area contributed by atoms with Crippen molar-refractivity contribution in [2.24, 2.45) is 5.41 Å². The zero-order valence-electron chi connectivity index (χ0n) is 13.9. The lowest BCUT2D eigenvalue weighted by molar-refractivity contribution is 0.238. The molecule has 1 aromatic carbocycles. The summed E-state index contributed by atoms with van der Waals surface area (Å²) in [6.45, 7) is 11.7. The van der Waals surface area contributed by atoms with Crippen LogP contribution in [0.3, 0.4) is 0 Å². The highest BCUT2D eigenvalue weighted by Crippen LogP contribution is 2.38. The number of benzene rings is 1. The highest BCUT2D eigenvalue weighted by Gasteiger charge is 2.30. The number of piperidine rings is 1. The van der Waals surface area contributed by atoms with E-state index in [-0.39, 0.29) is 11.9 Å². The summed E-state index contributed by atoms with van der Waals surface area (Å²) in [6.07, 6.45) is 3.61. The van der Waals surface area contributed by atoms with Crippen LogP contribution < -0.4 is 10.2 Å². The summed E-state index contributed by atoms with van der Waals surface area (Å²) in [5, 5.41) is 3.34. The van der Waals surface area contributed by atoms with Gasteiger partial charge < -0.3 is 10.2 Å². The van der Waals surface area contributed by atoms with E-state index in [1.807, 2.05) is 13.0 Å². The van der Waals surface area contributed by atoms with E-state index in [2.05, 4.69) is 37.1 Å². The van der Waals surface area contributed by atoms with Crippen LogP contribution in [0.1, 0.15) is 58.6 Å². The molecule has 0 saturated carbocycles. The fraction of sp³-hybridized carbons (Fsp3) is 0.667. The number of nitrogens with zero attached hydrogens (tertiary/aromatic N) is 1. The first-order valence-corrected chi connectivity index (χ1v) is 8.27. The lowest BCUT2D eigenvalue weighted by atomic mass is 9.78. The third kappa shape index (κ3) is 3.57. The Morgan fingerprint density at radius 2 is 1.95 bits per heavy atom. The van der Waals surface area contributed by atoms with Gasteiger partial charge in [0.05, 0.1) is 0 Å². The molecule has 0 radical (unpaired) electrons. The molecule has 1 atom stereocenters. The van der Waals surface area contributed by atoms with Gasteiger partial charge in [-0.15, -0.1) is 0 Å². The molecule has 2 rings (SSSR count). The van der Waals surface area contributed by atoms with Gasteiger partial charge >= 0.3 is 0 Å². The van der Waals surface area contributed by atoms with Crippen molar-refractivity contribution in [2.75, 3.05) is 24.5 Å². The van der Waals surface area contributed by atoms with Crippen LogP contribution in [0.15, 0.2) is 18.2 Å². The van der Waals surface area contributed by atoms with Gasteiger partial charge in [0.2, 0.25) is 0 Å². The third-order valence-electron chi connectivity index (χ3n) is 5.14. The molecule has 0 aromatic heterocycles. The standard InChI is InChI=1S/C18H29FN2/c1-5-18(4)10-12-21(13-11-18)16-9-7-8-15(19)17(16)14(3)20-6-2/h7-9,14,20H,5-6,10-13H2,1-4H3. The van der Waals surface area contributed by atoms with Crippen LogP contribution in [-0.4, -0.2) is 19.6 Å². The molecule has 1 aliphatic rings. The topological polar surface area (TPSA) is 15.3 Å². The highest BCUT2D eigenvalue weighted by molar-refractivity contribution is 5.56. The monoisotopic (exact) mass is 292 g/mol. The van der Waals surface area contributed by atoms with Crippen molar-refractivity contribution < 1.29 is 4.39 Å². The Bertz CT molecular complexity index is 464. The van der Waals surface area contributed by atoms with E-state index in [1.165, 1.54) is 19.3 Å². The molecule has 1 N–H and O–H groups in total. The molecule has 1 aliphatic heterocycles. The fourth-order valence-electron chi connectivity index (χ4n) is 3.28. The number of halogens is 1. The molecule has 1 unspecified atom stereocenters. The maximum atomic E-state index is 14.3. The van der Waals surface area contributed by atoms with E-state index in [0.29, 0.717) is 5.41 Å². The number of anilines is 1. The maximum Gasteiger partial charge on any atom is 0.130 e. The summed E-state index contributed by atoms with van der Waals surface area (Å²) in [5.74, 6) is -0.0928. The van der Waals surface area contributed by atoms with Gasteiger partial charge in [-0.05, 0) is 43.9 Å². The number of nitrogens with one attached hydrogen (secondary N) is 1. The van der Waals surface area contributed by atoms with Crippen LogP contribution in [0.5, 0.6) is 0 Å². The predicted molar refractivity (Wildman–Crippen MR) is 88.3 cm³/mol. The summed E-state index contributed by atoms with van der Waals surface area (Å²) in [4.78, 5) is 2.36. The molecular formula is C18H29FN2. The van der Waals surface area contributed by atoms with Gasteiger partial charge in [-0.3, -0.25) is 0 Å². The van der Waals surface area contributed by atoms with Crippen LogP contribution in [0.2, 0.25) is 0 Å². The van der Waals surface area contributed by atoms with Crippen LogP contribution in [0.25, 0.3) is 0 Å². The molecule has 1 aromatic rings. The second-order valence-corrected chi connectivity index (χ2v) is 6.60. The van der Waals surface area contributed by atoms with Crippen molar-refractivity contribution in [3.63, 3.8) is 0 Å². The molecule has 2 nitrogen and oxygen atoms in total. The van der Waals surface area contributed by atoms with Crippen molar-refractivity contribution in [2.45, 2.75) is 53.0 Å². The van der Waals surface area contributed by atoms with Crippen molar-refractivity contribution in [3.05, 3.63) is 29.6 Å². The van der Waals surface area contributed by atoms with Gasteiger partial charge in [-0.1, -0.05) is 33.3 Å². The van der Waals surface area contributed by atoms with Crippen molar-refractivity contribution >= 4 is 5.69 Å². The van der Waals surface area contributed by atoms with Gasteiger partial charge in [-0.2, -0.15) is 0 Å². The minimum Gasteiger partial charge on any atom is -0.371 e. The van der Waals surface area contributed by atoms with E-state index < -0.39 is 0 Å². The fourth-order valence-corrected chi connectivity index (χ4v) is 3.28. The summed E-state index contributed by atoms with van der Waals surface area (Å²) >= 11 is 0. The van der Waals surface area contributed by atoms with Gasteiger partial charge in [0.1, 0.15) is 5.82 Å². The minimum absolute atomic E-state index is 0.0469. The van der Waals surface area contributed by atoms with Gasteiger partial charge in [0, 0.05) is 30.4 Å². The summed E-state index contributed by atoms with van der Waals surface area (Å²) in [5.41, 5.74) is 2.35. The average Bonchev–Trinajstić information content (AvgIpc) is 2.48. The quantitative estimate of drug-likeness (QED) is 0.859. The van der Waals surface area contributed by atoms with Gasteiger partial charge in [0.15, 0.2) is 0 Å². The average molecular weight is 292 g/mol. The molecule has 0 bridgehead atoms. The van der Waals surface area contributed by atoms with Crippen molar-refractivity contribution in [1.29, 1.82) is 0 Å². The zero-order valence-corrected chi connectivity index (χ0v) is 13.9. The highest BCUT2D eigenvalue weighted by atomic mass is 19.1. The van der Waals surface area contributed by atoms with E-state index in [4.69, 9.17) is 0 Å². The smallest absolute Gasteiger partial charge is 0.130 e. The number of rotatable bonds is 5. The number of hydrogen-bond donors (Lipinski definition) is 1. The lowest BCUT2D eigenvalue weighted by Crippen LogP contribution is -2.39. The second kappa shape index (κ2) is 6.78. The first-order valence-electron chi connectivity index (χ1n) is 8.27. The van der Waals surface area contributed by atoms with E-state index in [1.54, 1.807) is 6.07 Å². The normalized spacial score (nSPS) is 19.6. The van der Waals surface area contributed by atoms with E-state index in [9.17, 15) is 4.39 Å². The van der Waals surface area contributed by atoms with Crippen molar-refractivity contribution in [1.82, 2.24) is 5.32 Å². The Morgan fingerprint density at radius 1 is 1.29 bits per heavy atom. The van der Waals surface area contributed by atoms with E-state index in [0.717, 1.165) is 30.9 Å². The molecule has 0 amide bonds. The molecule has 118 valence electrons.